The lowest BCUT2D eigenvalue weighted by Crippen LogP contribution is -2.41. The zero-order valence-corrected chi connectivity index (χ0v) is 6.63. The van der Waals surface area contributed by atoms with Crippen LogP contribution < -0.4 is 5.73 Å². The molecule has 0 aliphatic heterocycles. The van der Waals surface area contributed by atoms with Gasteiger partial charge in [-0.15, -0.1) is 0 Å². The summed E-state index contributed by atoms with van der Waals surface area (Å²) in [4.78, 5) is 11.9. The van der Waals surface area contributed by atoms with E-state index in [2.05, 4.69) is 0 Å². The van der Waals surface area contributed by atoms with E-state index in [4.69, 9.17) is 10.5 Å². The molecule has 0 aromatic heterocycles. The molecule has 0 bridgehead atoms. The minimum atomic E-state index is -0.426. The normalized spacial score (nSPS) is 12.7. The minimum absolute atomic E-state index is 0.0440. The molecule has 0 aliphatic carbocycles. The van der Waals surface area contributed by atoms with Crippen LogP contribution in [0.4, 0.5) is 4.79 Å². The van der Waals surface area contributed by atoms with Crippen molar-refractivity contribution in [1.29, 1.82) is 0 Å². The molecule has 0 radical (unpaired) electrons. The summed E-state index contributed by atoms with van der Waals surface area (Å²) in [7, 11) is 3.23. The second-order valence-corrected chi connectivity index (χ2v) is 2.25. The average molecular weight is 146 g/mol. The van der Waals surface area contributed by atoms with E-state index in [9.17, 15) is 4.79 Å². The molecule has 0 unspecified atom stereocenters. The van der Waals surface area contributed by atoms with Crippen molar-refractivity contribution in [3.05, 3.63) is 0 Å². The monoisotopic (exact) mass is 146 g/mol. The van der Waals surface area contributed by atoms with Crippen LogP contribution >= 0.6 is 0 Å². The molecule has 0 saturated heterocycles. The number of nitrogens with zero attached hydrogens (tertiary/aromatic N) is 1. The number of hydrogen-bond acceptors (Lipinski definition) is 2. The molecule has 0 saturated carbocycles. The van der Waals surface area contributed by atoms with Crippen molar-refractivity contribution in [2.75, 3.05) is 20.8 Å². The summed E-state index contributed by atoms with van der Waals surface area (Å²) >= 11 is 0. The fourth-order valence-corrected chi connectivity index (χ4v) is 0.570. The van der Waals surface area contributed by atoms with E-state index in [-0.39, 0.29) is 6.04 Å². The number of nitrogens with two attached hydrogens (primary N) is 1. The third kappa shape index (κ3) is 2.68. The van der Waals surface area contributed by atoms with Gasteiger partial charge in [-0.2, -0.15) is 0 Å². The Hall–Kier alpha value is -0.770. The fourth-order valence-electron chi connectivity index (χ4n) is 0.570. The molecule has 0 heterocycles. The van der Waals surface area contributed by atoms with Crippen LogP contribution in [-0.4, -0.2) is 37.7 Å². The molecule has 4 heteroatoms. The lowest BCUT2D eigenvalue weighted by Gasteiger charge is -2.21. The van der Waals surface area contributed by atoms with Gasteiger partial charge in [0.05, 0.1) is 12.6 Å². The Balaban J connectivity index is 3.69. The fraction of sp³-hybridized carbons (Fsp3) is 0.833. The Morgan fingerprint density at radius 3 is 2.60 bits per heavy atom. The number of carbonyl (C=O) groups excluding carboxylic acids is 1. The highest BCUT2D eigenvalue weighted by Gasteiger charge is 2.10. The first-order chi connectivity index (χ1) is 4.59. The topological polar surface area (TPSA) is 55.6 Å². The summed E-state index contributed by atoms with van der Waals surface area (Å²) in [5.41, 5.74) is 5.00. The van der Waals surface area contributed by atoms with Crippen LogP contribution in [0.3, 0.4) is 0 Å². The number of hydrogen-bond donors (Lipinski definition) is 1. The molecule has 2 amide bonds. The zero-order valence-electron chi connectivity index (χ0n) is 6.63. The number of rotatable bonds is 3. The van der Waals surface area contributed by atoms with Crippen LogP contribution in [-0.2, 0) is 4.74 Å². The number of urea groups is 1. The molecular weight excluding hydrogens is 132 g/mol. The first-order valence-electron chi connectivity index (χ1n) is 3.10. The standard InChI is InChI=1S/C6H14N2O2/c1-5(4-10-3)8(2)6(7)9/h5H,4H2,1-3H3,(H2,7,9)/t5-/m0/s1. The number of carbonyl (C=O) groups is 1. The van der Waals surface area contributed by atoms with Crippen LogP contribution in [0.15, 0.2) is 0 Å². The Bertz CT molecular complexity index is 116. The highest BCUT2D eigenvalue weighted by molar-refractivity contribution is 5.71. The van der Waals surface area contributed by atoms with Gasteiger partial charge in [-0.3, -0.25) is 0 Å². The molecule has 1 atom stereocenters. The highest BCUT2D eigenvalue weighted by Crippen LogP contribution is 1.93. The Kier molecular flexibility index (Phi) is 3.79. The smallest absolute Gasteiger partial charge is 0.314 e. The van der Waals surface area contributed by atoms with Crippen molar-refractivity contribution in [1.82, 2.24) is 4.90 Å². The van der Waals surface area contributed by atoms with E-state index in [0.29, 0.717) is 6.61 Å². The molecule has 0 rings (SSSR count). The second kappa shape index (κ2) is 4.11. The van der Waals surface area contributed by atoms with Crippen molar-refractivity contribution in [3.63, 3.8) is 0 Å². The van der Waals surface area contributed by atoms with Crippen molar-refractivity contribution in [2.45, 2.75) is 13.0 Å². The summed E-state index contributed by atoms with van der Waals surface area (Å²) < 4.78 is 4.83. The van der Waals surface area contributed by atoms with E-state index in [1.165, 1.54) is 4.90 Å². The SMILES string of the molecule is COC[C@H](C)N(C)C(N)=O. The predicted molar refractivity (Wildman–Crippen MR) is 38.7 cm³/mol. The lowest BCUT2D eigenvalue weighted by molar-refractivity contribution is 0.127. The predicted octanol–water partition coefficient (Wildman–Crippen LogP) is 0.0318. The number of primary amides is 1. The highest BCUT2D eigenvalue weighted by atomic mass is 16.5. The quantitative estimate of drug-likeness (QED) is 0.610. The maximum atomic E-state index is 10.5. The van der Waals surface area contributed by atoms with Gasteiger partial charge in [-0.05, 0) is 6.92 Å². The molecule has 0 fully saturated rings. The molecule has 10 heavy (non-hydrogen) atoms. The van der Waals surface area contributed by atoms with Crippen molar-refractivity contribution in [2.24, 2.45) is 5.73 Å². The van der Waals surface area contributed by atoms with Crippen molar-refractivity contribution < 1.29 is 9.53 Å². The number of ether oxygens (including phenoxy) is 1. The third-order valence-corrected chi connectivity index (χ3v) is 1.42. The summed E-state index contributed by atoms with van der Waals surface area (Å²) in [5.74, 6) is 0. The number of amides is 2. The van der Waals surface area contributed by atoms with Crippen molar-refractivity contribution in [3.8, 4) is 0 Å². The molecule has 0 aromatic carbocycles. The summed E-state index contributed by atoms with van der Waals surface area (Å²) in [6.07, 6.45) is 0. The van der Waals surface area contributed by atoms with Gasteiger partial charge in [0.15, 0.2) is 0 Å². The molecule has 0 aliphatic rings. The molecular formula is C6H14N2O2. The lowest BCUT2D eigenvalue weighted by atomic mass is 10.3. The molecule has 60 valence electrons. The second-order valence-electron chi connectivity index (χ2n) is 2.25. The molecule has 0 aromatic rings. The summed E-state index contributed by atoms with van der Waals surface area (Å²) in [5, 5.41) is 0. The van der Waals surface area contributed by atoms with E-state index < -0.39 is 6.03 Å². The van der Waals surface area contributed by atoms with E-state index in [0.717, 1.165) is 0 Å². The Labute approximate surface area is 60.9 Å². The van der Waals surface area contributed by atoms with E-state index in [1.54, 1.807) is 14.2 Å². The Morgan fingerprint density at radius 2 is 2.30 bits per heavy atom. The minimum Gasteiger partial charge on any atom is -0.383 e. The summed E-state index contributed by atoms with van der Waals surface area (Å²) in [6.45, 7) is 2.38. The third-order valence-electron chi connectivity index (χ3n) is 1.42. The average Bonchev–Trinajstić information content (AvgIpc) is 1.87. The first-order valence-corrected chi connectivity index (χ1v) is 3.10. The van der Waals surface area contributed by atoms with Gasteiger partial charge in [0, 0.05) is 14.2 Å². The van der Waals surface area contributed by atoms with Gasteiger partial charge < -0.3 is 15.4 Å². The van der Waals surface area contributed by atoms with Gasteiger partial charge in [0.25, 0.3) is 0 Å². The number of methoxy groups -OCH3 is 1. The molecule has 2 N–H and O–H groups in total. The van der Waals surface area contributed by atoms with Gasteiger partial charge >= 0.3 is 6.03 Å². The van der Waals surface area contributed by atoms with Gasteiger partial charge in [0.1, 0.15) is 0 Å². The van der Waals surface area contributed by atoms with Crippen LogP contribution in [0, 0.1) is 0 Å². The van der Waals surface area contributed by atoms with Crippen LogP contribution in [0.5, 0.6) is 0 Å². The molecule has 0 spiro atoms. The van der Waals surface area contributed by atoms with Crippen LogP contribution in [0.1, 0.15) is 6.92 Å². The van der Waals surface area contributed by atoms with E-state index >= 15 is 0 Å². The van der Waals surface area contributed by atoms with Crippen molar-refractivity contribution >= 4 is 6.03 Å². The maximum Gasteiger partial charge on any atom is 0.314 e. The zero-order chi connectivity index (χ0) is 8.15. The van der Waals surface area contributed by atoms with Crippen LogP contribution in [0.2, 0.25) is 0 Å². The summed E-state index contributed by atoms with van der Waals surface area (Å²) in [6, 6.07) is -0.382. The number of likely N-dealkylation sites (N-methyl/N-ethyl adjacent to an activating group) is 1. The largest absolute Gasteiger partial charge is 0.383 e. The first kappa shape index (κ1) is 9.23. The van der Waals surface area contributed by atoms with Gasteiger partial charge in [-0.25, -0.2) is 4.79 Å². The molecule has 4 nitrogen and oxygen atoms in total. The van der Waals surface area contributed by atoms with Crippen LogP contribution in [0.25, 0.3) is 0 Å². The van der Waals surface area contributed by atoms with E-state index in [1.807, 2.05) is 6.92 Å². The maximum absolute atomic E-state index is 10.5. The van der Waals surface area contributed by atoms with Gasteiger partial charge in [-0.1, -0.05) is 0 Å². The van der Waals surface area contributed by atoms with Gasteiger partial charge in [0.2, 0.25) is 0 Å². The Morgan fingerprint density at radius 1 is 1.80 bits per heavy atom.